The number of urea groups is 1. The molecule has 4 amide bonds. The Kier molecular flexibility index (Phi) is 7.56. The molecule has 2 rings (SSSR count). The van der Waals surface area contributed by atoms with Crippen LogP contribution in [0.5, 0.6) is 0 Å². The molecule has 0 radical (unpaired) electrons. The average molecular weight is 377 g/mol. The van der Waals surface area contributed by atoms with Crippen molar-refractivity contribution >= 4 is 29.2 Å². The third-order valence-electron chi connectivity index (χ3n) is 4.15. The summed E-state index contributed by atoms with van der Waals surface area (Å²) in [7, 11) is 0. The quantitative estimate of drug-likeness (QED) is 0.553. The predicted octanol–water partition coefficient (Wildman–Crippen LogP) is 0.589. The number of ether oxygens (including phenoxy) is 1. The topological polar surface area (TPSA) is 126 Å². The fraction of sp³-hybridized carbons (Fsp3) is 0.500. The number of carbonyl (C=O) groups excluding carboxylic acids is 3. The van der Waals surface area contributed by atoms with E-state index in [1.54, 1.807) is 24.3 Å². The number of benzene rings is 1. The first-order valence-electron chi connectivity index (χ1n) is 8.92. The molecular weight excluding hydrogens is 350 g/mol. The van der Waals surface area contributed by atoms with Crippen LogP contribution in [-0.2, 0) is 14.3 Å². The van der Waals surface area contributed by atoms with E-state index in [-0.39, 0.29) is 17.7 Å². The van der Waals surface area contributed by atoms with Crippen LogP contribution in [0.4, 0.5) is 16.2 Å². The number of amides is 4. The highest BCUT2D eigenvalue weighted by Crippen LogP contribution is 2.15. The number of nitrogens with zero attached hydrogens (tertiary/aromatic N) is 1. The number of nitrogens with one attached hydrogen (secondary N) is 3. The van der Waals surface area contributed by atoms with E-state index in [0.29, 0.717) is 31.1 Å². The lowest BCUT2D eigenvalue weighted by Crippen LogP contribution is -2.49. The van der Waals surface area contributed by atoms with Crippen molar-refractivity contribution in [3.8, 4) is 0 Å². The molecule has 9 heteroatoms. The van der Waals surface area contributed by atoms with E-state index >= 15 is 0 Å². The van der Waals surface area contributed by atoms with E-state index in [0.717, 1.165) is 13.1 Å². The molecule has 1 fully saturated rings. The zero-order chi connectivity index (χ0) is 19.8. The molecule has 1 heterocycles. The molecule has 9 nitrogen and oxygen atoms in total. The monoisotopic (exact) mass is 377 g/mol. The molecule has 1 aromatic rings. The second-order valence-corrected chi connectivity index (χ2v) is 6.73. The summed E-state index contributed by atoms with van der Waals surface area (Å²) in [6, 6.07) is 5.31. The maximum atomic E-state index is 12.3. The Morgan fingerprint density at radius 3 is 2.15 bits per heavy atom. The van der Waals surface area contributed by atoms with Gasteiger partial charge in [-0.1, -0.05) is 13.8 Å². The maximum Gasteiger partial charge on any atom is 0.312 e. The highest BCUT2D eigenvalue weighted by atomic mass is 16.5. The number of anilines is 2. The van der Waals surface area contributed by atoms with Gasteiger partial charge in [0, 0.05) is 24.5 Å². The number of morpholine rings is 1. The Labute approximate surface area is 158 Å². The van der Waals surface area contributed by atoms with Crippen molar-refractivity contribution in [2.24, 2.45) is 11.7 Å². The molecule has 0 aromatic heterocycles. The molecule has 1 atom stereocenters. The Morgan fingerprint density at radius 1 is 1.07 bits per heavy atom. The minimum absolute atomic E-state index is 0.0979. The number of nitrogens with two attached hydrogens (primary N) is 1. The van der Waals surface area contributed by atoms with E-state index in [1.165, 1.54) is 0 Å². The van der Waals surface area contributed by atoms with Crippen molar-refractivity contribution in [1.29, 1.82) is 0 Å². The fourth-order valence-electron chi connectivity index (χ4n) is 2.71. The van der Waals surface area contributed by atoms with E-state index in [4.69, 9.17) is 10.5 Å². The molecule has 1 aromatic carbocycles. The van der Waals surface area contributed by atoms with Gasteiger partial charge in [0.1, 0.15) is 6.04 Å². The number of hydrogen-bond donors (Lipinski definition) is 4. The van der Waals surface area contributed by atoms with Gasteiger partial charge in [-0.25, -0.2) is 4.79 Å². The van der Waals surface area contributed by atoms with Crippen molar-refractivity contribution in [3.63, 3.8) is 0 Å². The Hall–Kier alpha value is -2.65. The van der Waals surface area contributed by atoms with Gasteiger partial charge in [0.25, 0.3) is 0 Å². The van der Waals surface area contributed by atoms with Gasteiger partial charge in [0.2, 0.25) is 11.8 Å². The number of carbonyl (C=O) groups is 3. The van der Waals surface area contributed by atoms with E-state index in [2.05, 4.69) is 16.0 Å². The Bertz CT molecular complexity index is 656. The van der Waals surface area contributed by atoms with Crippen LogP contribution in [0.25, 0.3) is 0 Å². The first-order valence-corrected chi connectivity index (χ1v) is 8.92. The summed E-state index contributed by atoms with van der Waals surface area (Å²) in [4.78, 5) is 37.5. The van der Waals surface area contributed by atoms with Gasteiger partial charge in [-0.3, -0.25) is 14.5 Å². The molecule has 1 unspecified atom stereocenters. The molecule has 1 saturated heterocycles. The maximum absolute atomic E-state index is 12.3. The van der Waals surface area contributed by atoms with Crippen LogP contribution in [0.15, 0.2) is 24.3 Å². The zero-order valence-electron chi connectivity index (χ0n) is 15.7. The molecule has 5 N–H and O–H groups in total. The standard InChI is InChI=1S/C18H27N5O4/c1-12(2)16(22-18(19)26)17(25)21-14-5-3-13(4-6-14)20-15(24)11-23-7-9-27-10-8-23/h3-6,12,16H,7-11H2,1-2H3,(H,20,24)(H,21,25)(H3,19,22,26). The van der Waals surface area contributed by atoms with Gasteiger partial charge >= 0.3 is 6.03 Å². The van der Waals surface area contributed by atoms with E-state index < -0.39 is 12.1 Å². The number of rotatable bonds is 7. The fourth-order valence-corrected chi connectivity index (χ4v) is 2.71. The number of primary amides is 1. The first-order chi connectivity index (χ1) is 12.8. The van der Waals surface area contributed by atoms with Crippen molar-refractivity contribution in [2.45, 2.75) is 19.9 Å². The molecular formula is C18H27N5O4. The van der Waals surface area contributed by atoms with Gasteiger partial charge in [-0.15, -0.1) is 0 Å². The summed E-state index contributed by atoms with van der Waals surface area (Å²) in [5.41, 5.74) is 6.31. The summed E-state index contributed by atoms with van der Waals surface area (Å²) >= 11 is 0. The van der Waals surface area contributed by atoms with Gasteiger partial charge in [-0.05, 0) is 30.2 Å². The molecule has 1 aliphatic rings. The van der Waals surface area contributed by atoms with Gasteiger partial charge in [0.05, 0.1) is 19.8 Å². The lowest BCUT2D eigenvalue weighted by molar-refractivity contribution is -0.119. The predicted molar refractivity (Wildman–Crippen MR) is 102 cm³/mol. The van der Waals surface area contributed by atoms with Crippen LogP contribution in [0.2, 0.25) is 0 Å². The largest absolute Gasteiger partial charge is 0.379 e. The zero-order valence-corrected chi connectivity index (χ0v) is 15.7. The third kappa shape index (κ3) is 6.87. The van der Waals surface area contributed by atoms with Crippen molar-refractivity contribution in [1.82, 2.24) is 10.2 Å². The molecule has 0 spiro atoms. The van der Waals surface area contributed by atoms with Crippen LogP contribution >= 0.6 is 0 Å². The SMILES string of the molecule is CC(C)C(NC(N)=O)C(=O)Nc1ccc(NC(=O)CN2CCOCC2)cc1. The summed E-state index contributed by atoms with van der Waals surface area (Å²) < 4.78 is 5.26. The van der Waals surface area contributed by atoms with E-state index in [9.17, 15) is 14.4 Å². The van der Waals surface area contributed by atoms with Gasteiger partial charge < -0.3 is 26.4 Å². The van der Waals surface area contributed by atoms with Crippen LogP contribution < -0.4 is 21.7 Å². The lowest BCUT2D eigenvalue weighted by atomic mass is 10.0. The highest BCUT2D eigenvalue weighted by molar-refractivity contribution is 5.97. The Morgan fingerprint density at radius 2 is 1.63 bits per heavy atom. The summed E-state index contributed by atoms with van der Waals surface area (Å²) in [6.45, 7) is 6.72. The van der Waals surface area contributed by atoms with E-state index in [1.807, 2.05) is 18.7 Å². The molecule has 0 bridgehead atoms. The minimum Gasteiger partial charge on any atom is -0.379 e. The minimum atomic E-state index is -0.748. The summed E-state index contributed by atoms with van der Waals surface area (Å²) in [6.07, 6.45) is 0. The molecule has 0 aliphatic carbocycles. The first kappa shape index (κ1) is 20.7. The molecule has 27 heavy (non-hydrogen) atoms. The van der Waals surface area contributed by atoms with Crippen LogP contribution in [0.1, 0.15) is 13.8 Å². The number of hydrogen-bond acceptors (Lipinski definition) is 5. The second kappa shape index (κ2) is 9.89. The van der Waals surface area contributed by atoms with Gasteiger partial charge in [-0.2, -0.15) is 0 Å². The van der Waals surface area contributed by atoms with Crippen LogP contribution in [0.3, 0.4) is 0 Å². The lowest BCUT2D eigenvalue weighted by Gasteiger charge is -2.25. The Balaban J connectivity index is 1.87. The average Bonchev–Trinajstić information content (AvgIpc) is 2.61. The molecule has 148 valence electrons. The van der Waals surface area contributed by atoms with Crippen LogP contribution in [-0.4, -0.2) is 61.6 Å². The van der Waals surface area contributed by atoms with Crippen molar-refractivity contribution in [2.75, 3.05) is 43.5 Å². The van der Waals surface area contributed by atoms with Crippen LogP contribution in [0, 0.1) is 5.92 Å². The molecule has 0 saturated carbocycles. The van der Waals surface area contributed by atoms with Crippen molar-refractivity contribution < 1.29 is 19.1 Å². The summed E-state index contributed by atoms with van der Waals surface area (Å²) in [5, 5.41) is 7.99. The molecule has 1 aliphatic heterocycles. The normalized spacial score (nSPS) is 15.8. The third-order valence-corrected chi connectivity index (χ3v) is 4.15. The smallest absolute Gasteiger partial charge is 0.312 e. The summed E-state index contributed by atoms with van der Waals surface area (Å²) in [5.74, 6) is -0.566. The highest BCUT2D eigenvalue weighted by Gasteiger charge is 2.23. The second-order valence-electron chi connectivity index (χ2n) is 6.73. The van der Waals surface area contributed by atoms with Crippen molar-refractivity contribution in [3.05, 3.63) is 24.3 Å². The van der Waals surface area contributed by atoms with Gasteiger partial charge in [0.15, 0.2) is 0 Å².